The Morgan fingerprint density at radius 1 is 0.941 bits per heavy atom. The zero-order valence-corrected chi connectivity index (χ0v) is 20.3. The fourth-order valence-electron chi connectivity index (χ4n) is 3.65. The van der Waals surface area contributed by atoms with E-state index in [1.807, 2.05) is 24.3 Å². The summed E-state index contributed by atoms with van der Waals surface area (Å²) in [6.07, 6.45) is 1.66. The Morgan fingerprint density at radius 3 is 2.06 bits per heavy atom. The van der Waals surface area contributed by atoms with Gasteiger partial charge >= 0.3 is 5.97 Å². The van der Waals surface area contributed by atoms with E-state index in [-0.39, 0.29) is 23.7 Å². The Morgan fingerprint density at radius 2 is 1.53 bits per heavy atom. The zero-order chi connectivity index (χ0) is 24.9. The van der Waals surface area contributed by atoms with Crippen molar-refractivity contribution >= 4 is 39.2 Å². The number of hydrogen-bond donors (Lipinski definition) is 3. The number of carbonyl (C=O) groups excluding carboxylic acids is 1. The minimum atomic E-state index is -3.63. The summed E-state index contributed by atoms with van der Waals surface area (Å²) in [5.74, 6) is -1.39. The fourth-order valence-corrected chi connectivity index (χ4v) is 4.41. The molecule has 3 aromatic carbocycles. The van der Waals surface area contributed by atoms with E-state index in [0.29, 0.717) is 34.6 Å². The van der Waals surface area contributed by atoms with Gasteiger partial charge in [0.1, 0.15) is 0 Å². The number of nitrogens with one attached hydrogen (secondary N) is 2. The molecular weight excluding hydrogens is 476 g/mol. The lowest BCUT2D eigenvalue weighted by Crippen LogP contribution is -2.26. The van der Waals surface area contributed by atoms with Gasteiger partial charge < -0.3 is 10.4 Å². The summed E-state index contributed by atoms with van der Waals surface area (Å²) < 4.78 is 26.2. The first-order valence-electron chi connectivity index (χ1n) is 10.6. The van der Waals surface area contributed by atoms with Crippen molar-refractivity contribution in [2.24, 2.45) is 0 Å². The van der Waals surface area contributed by atoms with Gasteiger partial charge in [-0.25, -0.2) is 13.2 Å². The average Bonchev–Trinajstić information content (AvgIpc) is 2.79. The normalized spacial score (nSPS) is 11.1. The van der Waals surface area contributed by atoms with Crippen LogP contribution < -0.4 is 10.0 Å². The number of carboxylic acid groups (broad SMARTS) is 1. The molecule has 0 aromatic heterocycles. The van der Waals surface area contributed by atoms with Gasteiger partial charge in [0, 0.05) is 17.1 Å². The summed E-state index contributed by atoms with van der Waals surface area (Å²) >= 11 is 5.93. The molecule has 0 saturated heterocycles. The van der Waals surface area contributed by atoms with Crippen LogP contribution in [0.2, 0.25) is 5.02 Å². The third-order valence-electron chi connectivity index (χ3n) is 5.28. The van der Waals surface area contributed by atoms with E-state index in [1.165, 1.54) is 6.07 Å². The second-order valence-electron chi connectivity index (χ2n) is 7.75. The van der Waals surface area contributed by atoms with E-state index in [2.05, 4.69) is 10.0 Å². The van der Waals surface area contributed by atoms with Crippen molar-refractivity contribution < 1.29 is 23.1 Å². The van der Waals surface area contributed by atoms with Crippen LogP contribution in [0.5, 0.6) is 0 Å². The molecule has 0 aliphatic rings. The summed E-state index contributed by atoms with van der Waals surface area (Å²) in [5, 5.41) is 12.9. The lowest BCUT2D eigenvalue weighted by atomic mass is 9.97. The summed E-state index contributed by atoms with van der Waals surface area (Å²) in [7, 11) is -3.63. The molecule has 0 aliphatic heterocycles. The molecule has 0 heterocycles. The van der Waals surface area contributed by atoms with E-state index >= 15 is 0 Å². The molecule has 34 heavy (non-hydrogen) atoms. The first-order chi connectivity index (χ1) is 16.1. The van der Waals surface area contributed by atoms with Crippen LogP contribution in [0.25, 0.3) is 11.1 Å². The van der Waals surface area contributed by atoms with Gasteiger partial charge in [0.25, 0.3) is 5.91 Å². The summed E-state index contributed by atoms with van der Waals surface area (Å²) in [6.45, 7) is 2.00. The highest BCUT2D eigenvalue weighted by Crippen LogP contribution is 2.27. The molecule has 3 aromatic rings. The first kappa shape index (κ1) is 25.3. The molecule has 0 radical (unpaired) electrons. The molecule has 7 nitrogen and oxygen atoms in total. The second-order valence-corrected chi connectivity index (χ2v) is 9.93. The van der Waals surface area contributed by atoms with E-state index in [4.69, 9.17) is 11.6 Å². The quantitative estimate of drug-likeness (QED) is 0.397. The molecule has 0 bridgehead atoms. The number of anilines is 1. The number of sulfonamides is 1. The van der Waals surface area contributed by atoms with Gasteiger partial charge in [0.15, 0.2) is 0 Å². The largest absolute Gasteiger partial charge is 0.478 e. The molecule has 9 heteroatoms. The molecule has 1 amide bonds. The topological polar surface area (TPSA) is 113 Å². The van der Waals surface area contributed by atoms with Gasteiger partial charge in [0.2, 0.25) is 10.0 Å². The van der Waals surface area contributed by atoms with Gasteiger partial charge in [0.05, 0.1) is 17.5 Å². The van der Waals surface area contributed by atoms with Crippen LogP contribution in [0.1, 0.15) is 38.8 Å². The van der Waals surface area contributed by atoms with Crippen molar-refractivity contribution in [2.45, 2.75) is 19.8 Å². The van der Waals surface area contributed by atoms with Crippen molar-refractivity contribution in [1.82, 2.24) is 5.32 Å². The van der Waals surface area contributed by atoms with Crippen LogP contribution in [-0.4, -0.2) is 38.2 Å². The molecule has 0 fully saturated rings. The highest BCUT2D eigenvalue weighted by Gasteiger charge is 2.19. The van der Waals surface area contributed by atoms with Crippen molar-refractivity contribution in [3.8, 4) is 11.1 Å². The fraction of sp³-hybridized carbons (Fsp3) is 0.200. The van der Waals surface area contributed by atoms with Crippen LogP contribution in [-0.2, 0) is 22.9 Å². The number of carboxylic acids is 1. The van der Waals surface area contributed by atoms with Gasteiger partial charge in [-0.3, -0.25) is 9.52 Å². The predicted octanol–water partition coefficient (Wildman–Crippen LogP) is 4.61. The number of amides is 1. The highest BCUT2D eigenvalue weighted by molar-refractivity contribution is 7.92. The zero-order valence-electron chi connectivity index (χ0n) is 18.8. The van der Waals surface area contributed by atoms with Crippen molar-refractivity contribution in [3.63, 3.8) is 0 Å². The Labute approximate surface area is 203 Å². The SMILES string of the molecule is CCc1c(C(=O)O)ccc(CCNC(=O)c2ccc(-c3ccc(Cl)cc3)cc2)c1NS(C)(=O)=O. The molecule has 0 unspecified atom stereocenters. The number of hydrogen-bond acceptors (Lipinski definition) is 4. The molecule has 178 valence electrons. The lowest BCUT2D eigenvalue weighted by Gasteiger charge is -2.17. The third-order valence-corrected chi connectivity index (χ3v) is 6.10. The lowest BCUT2D eigenvalue weighted by molar-refractivity contribution is 0.0695. The van der Waals surface area contributed by atoms with Crippen LogP contribution in [0.4, 0.5) is 5.69 Å². The first-order valence-corrected chi connectivity index (χ1v) is 12.9. The number of benzene rings is 3. The van der Waals surface area contributed by atoms with Gasteiger partial charge in [-0.15, -0.1) is 0 Å². The second kappa shape index (κ2) is 10.7. The Kier molecular flexibility index (Phi) is 7.96. The maximum Gasteiger partial charge on any atom is 0.336 e. The smallest absolute Gasteiger partial charge is 0.336 e. The average molecular weight is 501 g/mol. The van der Waals surface area contributed by atoms with Crippen molar-refractivity contribution in [1.29, 1.82) is 0 Å². The number of rotatable bonds is 9. The monoisotopic (exact) mass is 500 g/mol. The number of halogens is 1. The maximum absolute atomic E-state index is 12.6. The maximum atomic E-state index is 12.6. The van der Waals surface area contributed by atoms with Gasteiger partial charge in [-0.2, -0.15) is 0 Å². The van der Waals surface area contributed by atoms with Crippen LogP contribution in [0.3, 0.4) is 0 Å². The van der Waals surface area contributed by atoms with E-state index in [1.54, 1.807) is 37.3 Å². The predicted molar refractivity (Wildman–Crippen MR) is 134 cm³/mol. The molecule has 0 saturated carbocycles. The molecule has 0 atom stereocenters. The van der Waals surface area contributed by atoms with Crippen LogP contribution in [0, 0.1) is 0 Å². The number of aromatic carboxylic acids is 1. The molecular formula is C25H25ClN2O5S. The van der Waals surface area contributed by atoms with Crippen molar-refractivity contribution in [3.05, 3.63) is 87.9 Å². The molecule has 3 N–H and O–H groups in total. The summed E-state index contributed by atoms with van der Waals surface area (Å²) in [5.41, 5.74) is 3.73. The third kappa shape index (κ3) is 6.36. The van der Waals surface area contributed by atoms with Crippen LogP contribution >= 0.6 is 11.6 Å². The minimum Gasteiger partial charge on any atom is -0.478 e. The molecule has 0 aliphatic carbocycles. The Balaban J connectivity index is 1.72. The van der Waals surface area contributed by atoms with Gasteiger partial charge in [-0.1, -0.05) is 48.9 Å². The van der Waals surface area contributed by atoms with Gasteiger partial charge in [-0.05, 0) is 65.4 Å². The van der Waals surface area contributed by atoms with E-state index in [0.717, 1.165) is 17.4 Å². The summed E-state index contributed by atoms with van der Waals surface area (Å²) in [4.78, 5) is 24.1. The van der Waals surface area contributed by atoms with Crippen LogP contribution in [0.15, 0.2) is 60.7 Å². The minimum absolute atomic E-state index is 0.0437. The number of carbonyl (C=O) groups is 2. The van der Waals surface area contributed by atoms with E-state index < -0.39 is 16.0 Å². The Bertz CT molecular complexity index is 1300. The van der Waals surface area contributed by atoms with E-state index in [9.17, 15) is 23.1 Å². The standard InChI is InChI=1S/C25H25ClN2O5S/c1-3-21-22(25(30)31)13-10-18(23(21)28-34(2,32)33)14-15-27-24(29)19-6-4-16(5-7-19)17-8-11-20(26)12-9-17/h4-13,28H,3,14-15H2,1-2H3,(H,27,29)(H,30,31). The molecule has 0 spiro atoms. The Hall–Kier alpha value is -3.36. The molecule has 3 rings (SSSR count). The highest BCUT2D eigenvalue weighted by atomic mass is 35.5. The van der Waals surface area contributed by atoms with Crippen molar-refractivity contribution in [2.75, 3.05) is 17.5 Å². The summed E-state index contributed by atoms with van der Waals surface area (Å²) in [6, 6.07) is 17.6.